The van der Waals surface area contributed by atoms with Gasteiger partial charge in [-0.3, -0.25) is 0 Å². The molecule has 4 heterocycles. The Balaban J connectivity index is 1.06. The highest BCUT2D eigenvalue weighted by Gasteiger charge is 2.20. The standard InChI is InChI=1S/C51H30N4OS/c1-2-12-31(13-3-1)33-26-29-36-35-14-4-7-20-42(35)55(43(36)30-33)34-27-24-32(25-28-34)49-52-50(40-18-11-23-46-47(40)39-16-6-9-22-45(39)57-46)54-51(53-49)41-19-10-17-38-37-15-5-8-21-44(37)56-48(38)41/h1-30H. The minimum absolute atomic E-state index is 0.566. The summed E-state index contributed by atoms with van der Waals surface area (Å²) in [4.78, 5) is 15.7. The Labute approximate surface area is 330 Å². The predicted octanol–water partition coefficient (Wildman–Crippen LogP) is 13.9. The molecule has 266 valence electrons. The van der Waals surface area contributed by atoms with Crippen LogP contribution >= 0.6 is 11.3 Å². The molecular formula is C51H30N4OS. The quantitative estimate of drug-likeness (QED) is 0.176. The van der Waals surface area contributed by atoms with Crippen LogP contribution in [0, 0.1) is 0 Å². The van der Waals surface area contributed by atoms with Gasteiger partial charge in [0.2, 0.25) is 0 Å². The zero-order chi connectivity index (χ0) is 37.5. The van der Waals surface area contributed by atoms with Crippen LogP contribution in [0.5, 0.6) is 0 Å². The molecule has 0 unspecified atom stereocenters. The summed E-state index contributed by atoms with van der Waals surface area (Å²) in [6.07, 6.45) is 0. The van der Waals surface area contributed by atoms with Crippen molar-refractivity contribution in [2.45, 2.75) is 0 Å². The van der Waals surface area contributed by atoms with Crippen molar-refractivity contribution in [3.05, 3.63) is 182 Å². The van der Waals surface area contributed by atoms with Crippen LogP contribution in [-0.2, 0) is 0 Å². The molecule has 0 saturated carbocycles. The van der Waals surface area contributed by atoms with Gasteiger partial charge in [-0.1, -0.05) is 121 Å². The third kappa shape index (κ3) is 5.04. The molecule has 0 aliphatic carbocycles. The molecule has 12 rings (SSSR count). The molecule has 0 fully saturated rings. The fourth-order valence-electron chi connectivity index (χ4n) is 8.45. The molecule has 0 spiro atoms. The fourth-order valence-corrected chi connectivity index (χ4v) is 9.58. The maximum absolute atomic E-state index is 6.51. The van der Waals surface area contributed by atoms with Crippen LogP contribution in [-0.4, -0.2) is 19.5 Å². The van der Waals surface area contributed by atoms with E-state index in [1.165, 1.54) is 36.7 Å². The van der Waals surface area contributed by atoms with E-state index in [0.717, 1.165) is 60.7 Å². The second kappa shape index (κ2) is 12.6. The van der Waals surface area contributed by atoms with Crippen molar-refractivity contribution in [1.82, 2.24) is 19.5 Å². The van der Waals surface area contributed by atoms with Crippen molar-refractivity contribution in [2.75, 3.05) is 0 Å². The lowest BCUT2D eigenvalue weighted by Crippen LogP contribution is -2.01. The lowest BCUT2D eigenvalue weighted by molar-refractivity contribution is 0.669. The first-order chi connectivity index (χ1) is 28.2. The number of thiophene rings is 1. The Morgan fingerprint density at radius 1 is 0.404 bits per heavy atom. The van der Waals surface area contributed by atoms with Gasteiger partial charge in [-0.05, 0) is 71.8 Å². The minimum Gasteiger partial charge on any atom is -0.455 e. The van der Waals surface area contributed by atoms with E-state index < -0.39 is 0 Å². The number of benzene rings is 8. The summed E-state index contributed by atoms with van der Waals surface area (Å²) in [5.41, 5.74) is 10.0. The number of rotatable bonds is 5. The number of para-hydroxylation sites is 3. The second-order valence-corrected chi connectivity index (χ2v) is 15.4. The first-order valence-corrected chi connectivity index (χ1v) is 19.8. The predicted molar refractivity (Wildman–Crippen MR) is 236 cm³/mol. The molecule has 0 N–H and O–H groups in total. The Hall–Kier alpha value is -7.41. The maximum atomic E-state index is 6.51. The van der Waals surface area contributed by atoms with Crippen LogP contribution in [0.1, 0.15) is 0 Å². The van der Waals surface area contributed by atoms with Gasteiger partial charge in [0, 0.05) is 58.5 Å². The molecule has 5 nitrogen and oxygen atoms in total. The molecule has 6 heteroatoms. The summed E-state index contributed by atoms with van der Waals surface area (Å²) in [5.74, 6) is 1.79. The van der Waals surface area contributed by atoms with Gasteiger partial charge < -0.3 is 8.98 Å². The molecular weight excluding hydrogens is 717 g/mol. The van der Waals surface area contributed by atoms with E-state index in [1.54, 1.807) is 11.3 Å². The van der Waals surface area contributed by atoms with Crippen LogP contribution in [0.4, 0.5) is 0 Å². The molecule has 0 bridgehead atoms. The monoisotopic (exact) mass is 746 g/mol. The fraction of sp³-hybridized carbons (Fsp3) is 0. The van der Waals surface area contributed by atoms with Gasteiger partial charge in [0.05, 0.1) is 16.6 Å². The molecule has 4 aromatic heterocycles. The Morgan fingerprint density at radius 3 is 1.91 bits per heavy atom. The van der Waals surface area contributed by atoms with Gasteiger partial charge in [-0.25, -0.2) is 15.0 Å². The van der Waals surface area contributed by atoms with Crippen LogP contribution in [0.2, 0.25) is 0 Å². The third-order valence-electron chi connectivity index (χ3n) is 11.1. The summed E-state index contributed by atoms with van der Waals surface area (Å²) in [6.45, 7) is 0. The molecule has 0 saturated heterocycles. The minimum atomic E-state index is 0.566. The molecule has 0 aliphatic heterocycles. The molecule has 12 aromatic rings. The normalized spacial score (nSPS) is 11.9. The average molecular weight is 747 g/mol. The van der Waals surface area contributed by atoms with E-state index in [4.69, 9.17) is 19.4 Å². The van der Waals surface area contributed by atoms with Crippen molar-refractivity contribution in [2.24, 2.45) is 0 Å². The zero-order valence-electron chi connectivity index (χ0n) is 30.4. The van der Waals surface area contributed by atoms with Crippen molar-refractivity contribution in [1.29, 1.82) is 0 Å². The lowest BCUT2D eigenvalue weighted by Gasteiger charge is -2.12. The first-order valence-electron chi connectivity index (χ1n) is 19.0. The molecule has 0 amide bonds. The largest absolute Gasteiger partial charge is 0.455 e. The average Bonchev–Trinajstić information content (AvgIpc) is 3.96. The van der Waals surface area contributed by atoms with Gasteiger partial charge in [-0.15, -0.1) is 11.3 Å². The molecule has 0 radical (unpaired) electrons. The van der Waals surface area contributed by atoms with E-state index in [1.807, 2.05) is 24.3 Å². The van der Waals surface area contributed by atoms with Crippen molar-refractivity contribution in [3.63, 3.8) is 0 Å². The van der Waals surface area contributed by atoms with Gasteiger partial charge in [0.25, 0.3) is 0 Å². The molecule has 0 aliphatic rings. The second-order valence-electron chi connectivity index (χ2n) is 14.4. The summed E-state index contributed by atoms with van der Waals surface area (Å²) in [6, 6.07) is 63.9. The van der Waals surface area contributed by atoms with Gasteiger partial charge in [0.1, 0.15) is 11.2 Å². The van der Waals surface area contributed by atoms with Gasteiger partial charge in [-0.2, -0.15) is 0 Å². The van der Waals surface area contributed by atoms with E-state index in [-0.39, 0.29) is 0 Å². The van der Waals surface area contributed by atoms with Crippen LogP contribution in [0.25, 0.3) is 115 Å². The first kappa shape index (κ1) is 31.9. The van der Waals surface area contributed by atoms with Crippen molar-refractivity contribution in [3.8, 4) is 51.0 Å². The Bertz CT molecular complexity index is 3520. The van der Waals surface area contributed by atoms with E-state index in [2.05, 4.69) is 162 Å². The number of hydrogen-bond donors (Lipinski definition) is 0. The SMILES string of the molecule is c1ccc(-c2ccc3c4ccccc4n(-c4ccc(-c5nc(-c6cccc7c6oc6ccccc67)nc(-c6cccc7sc8ccccc8c67)n5)cc4)c3c2)cc1. The topological polar surface area (TPSA) is 56.7 Å². The highest BCUT2D eigenvalue weighted by atomic mass is 32.1. The summed E-state index contributed by atoms with van der Waals surface area (Å²) < 4.78 is 11.3. The number of hydrogen-bond acceptors (Lipinski definition) is 5. The van der Waals surface area contributed by atoms with Gasteiger partial charge >= 0.3 is 0 Å². The third-order valence-corrected chi connectivity index (χ3v) is 12.2. The van der Waals surface area contributed by atoms with Crippen LogP contribution in [0.3, 0.4) is 0 Å². The highest BCUT2D eigenvalue weighted by molar-refractivity contribution is 7.25. The lowest BCUT2D eigenvalue weighted by atomic mass is 10.0. The maximum Gasteiger partial charge on any atom is 0.167 e. The summed E-state index contributed by atoms with van der Waals surface area (Å²) >= 11 is 1.79. The van der Waals surface area contributed by atoms with E-state index in [0.29, 0.717) is 17.5 Å². The van der Waals surface area contributed by atoms with Crippen LogP contribution < -0.4 is 0 Å². The Kier molecular flexibility index (Phi) is 7.03. The summed E-state index contributed by atoms with van der Waals surface area (Å²) in [5, 5.41) is 6.88. The zero-order valence-corrected chi connectivity index (χ0v) is 31.2. The summed E-state index contributed by atoms with van der Waals surface area (Å²) in [7, 11) is 0. The number of furan rings is 1. The molecule has 0 atom stereocenters. The highest BCUT2D eigenvalue weighted by Crippen LogP contribution is 2.41. The molecule has 8 aromatic carbocycles. The number of aromatic nitrogens is 4. The number of fused-ring (bicyclic) bond motifs is 9. The van der Waals surface area contributed by atoms with Crippen molar-refractivity contribution >= 4 is 75.3 Å². The van der Waals surface area contributed by atoms with Crippen molar-refractivity contribution < 1.29 is 4.42 Å². The smallest absolute Gasteiger partial charge is 0.167 e. The Morgan fingerprint density at radius 2 is 1.04 bits per heavy atom. The van der Waals surface area contributed by atoms with E-state index >= 15 is 0 Å². The van der Waals surface area contributed by atoms with Gasteiger partial charge in [0.15, 0.2) is 17.5 Å². The number of nitrogens with zero attached hydrogens (tertiary/aromatic N) is 4. The molecule has 57 heavy (non-hydrogen) atoms. The van der Waals surface area contributed by atoms with E-state index in [9.17, 15) is 0 Å². The van der Waals surface area contributed by atoms with Crippen LogP contribution in [0.15, 0.2) is 186 Å².